The predicted molar refractivity (Wildman–Crippen MR) is 191 cm³/mol. The van der Waals surface area contributed by atoms with Crippen LogP contribution in [0.5, 0.6) is 0 Å². The van der Waals surface area contributed by atoms with Crippen LogP contribution in [0.15, 0.2) is 121 Å². The van der Waals surface area contributed by atoms with Crippen LogP contribution in [0.25, 0.3) is 0 Å². The second-order valence-electron chi connectivity index (χ2n) is 13.3. The highest BCUT2D eigenvalue weighted by Crippen LogP contribution is 2.39. The number of aliphatic hydroxyl groups is 1. The minimum Gasteiger partial charge on any atom is -0.389 e. The van der Waals surface area contributed by atoms with Gasteiger partial charge in [0, 0.05) is 19.8 Å². The standard InChI is InChI=1S/C42H46O11/c1-45-41-32(33(43)35-31(51-41)26-50-40(52-35)30-21-13-6-14-22-30)34(44)36-37(47-23-27-15-7-3-8-16-27)38(48-24-28-17-9-4-10-18-28)39(42(46-2)53-36)49-25-29-19-11-5-12-20-29/h3-22,31-32,34-42,44H,23-26H2,1-2H3/t31-,32-,34+,35-,36-,37-,38+,39+,40-,41+,42+/m1/s1. The third-order valence-electron chi connectivity index (χ3n) is 9.86. The van der Waals surface area contributed by atoms with Gasteiger partial charge in [-0.05, 0) is 16.7 Å². The second-order valence-corrected chi connectivity index (χ2v) is 13.3. The monoisotopic (exact) mass is 726 g/mol. The van der Waals surface area contributed by atoms with Crippen molar-refractivity contribution in [3.63, 3.8) is 0 Å². The van der Waals surface area contributed by atoms with Gasteiger partial charge in [-0.15, -0.1) is 0 Å². The molecule has 3 heterocycles. The zero-order chi connectivity index (χ0) is 36.6. The molecule has 3 fully saturated rings. The average Bonchev–Trinajstić information content (AvgIpc) is 3.22. The van der Waals surface area contributed by atoms with E-state index in [1.807, 2.05) is 121 Å². The van der Waals surface area contributed by atoms with Crippen molar-refractivity contribution in [2.24, 2.45) is 5.92 Å². The fraction of sp³-hybridized carbons (Fsp3) is 0.405. The van der Waals surface area contributed by atoms with Crippen LogP contribution < -0.4 is 0 Å². The minimum atomic E-state index is -1.51. The maximum atomic E-state index is 14.5. The van der Waals surface area contributed by atoms with Crippen LogP contribution in [-0.4, -0.2) is 87.0 Å². The van der Waals surface area contributed by atoms with Gasteiger partial charge in [-0.2, -0.15) is 0 Å². The summed E-state index contributed by atoms with van der Waals surface area (Å²) in [7, 11) is 2.93. The van der Waals surface area contributed by atoms with Crippen molar-refractivity contribution in [3.05, 3.63) is 144 Å². The number of hydrogen-bond acceptors (Lipinski definition) is 11. The highest BCUT2D eigenvalue weighted by atomic mass is 16.7. The Kier molecular flexibility index (Phi) is 12.7. The van der Waals surface area contributed by atoms with Crippen LogP contribution in [0.2, 0.25) is 0 Å². The number of methoxy groups -OCH3 is 2. The van der Waals surface area contributed by atoms with E-state index in [1.165, 1.54) is 14.2 Å². The third-order valence-corrected chi connectivity index (χ3v) is 9.86. The Labute approximate surface area is 309 Å². The Morgan fingerprint density at radius 1 is 0.623 bits per heavy atom. The Morgan fingerprint density at radius 2 is 1.11 bits per heavy atom. The number of ketones is 1. The molecule has 0 bridgehead atoms. The molecule has 53 heavy (non-hydrogen) atoms. The molecule has 0 radical (unpaired) electrons. The van der Waals surface area contributed by atoms with Crippen molar-refractivity contribution in [2.75, 3.05) is 20.8 Å². The molecule has 3 aliphatic rings. The highest BCUT2D eigenvalue weighted by Gasteiger charge is 2.58. The van der Waals surface area contributed by atoms with Crippen LogP contribution in [0, 0.1) is 5.92 Å². The van der Waals surface area contributed by atoms with Crippen LogP contribution in [0.4, 0.5) is 0 Å². The van der Waals surface area contributed by atoms with Gasteiger partial charge in [0.1, 0.15) is 42.5 Å². The summed E-state index contributed by atoms with van der Waals surface area (Å²) in [6.45, 7) is 0.720. The first-order valence-electron chi connectivity index (χ1n) is 17.9. The Morgan fingerprint density at radius 3 is 1.64 bits per heavy atom. The van der Waals surface area contributed by atoms with E-state index in [0.29, 0.717) is 0 Å². The normalized spacial score (nSPS) is 30.7. The van der Waals surface area contributed by atoms with Gasteiger partial charge in [0.2, 0.25) is 0 Å². The van der Waals surface area contributed by atoms with Crippen molar-refractivity contribution in [3.8, 4) is 0 Å². The number of Topliss-reactive ketones (excluding diaryl/α,β-unsaturated/α-hetero) is 1. The molecule has 11 heteroatoms. The number of fused-ring (bicyclic) bond motifs is 1. The minimum absolute atomic E-state index is 0.100. The molecular weight excluding hydrogens is 680 g/mol. The summed E-state index contributed by atoms with van der Waals surface area (Å²) >= 11 is 0. The van der Waals surface area contributed by atoms with Crippen LogP contribution >= 0.6 is 0 Å². The van der Waals surface area contributed by atoms with E-state index < -0.39 is 73.3 Å². The van der Waals surface area contributed by atoms with Gasteiger partial charge in [-0.1, -0.05) is 121 Å². The van der Waals surface area contributed by atoms with Gasteiger partial charge in [0.05, 0.1) is 32.5 Å². The fourth-order valence-electron chi connectivity index (χ4n) is 7.15. The number of carbonyl (C=O) groups is 1. The van der Waals surface area contributed by atoms with E-state index in [-0.39, 0.29) is 26.4 Å². The molecule has 3 aliphatic heterocycles. The zero-order valence-corrected chi connectivity index (χ0v) is 29.8. The van der Waals surface area contributed by atoms with Crippen molar-refractivity contribution in [1.29, 1.82) is 0 Å². The summed E-state index contributed by atoms with van der Waals surface area (Å²) in [4.78, 5) is 14.5. The van der Waals surface area contributed by atoms with E-state index in [2.05, 4.69) is 0 Å². The maximum Gasteiger partial charge on any atom is 0.186 e. The summed E-state index contributed by atoms with van der Waals surface area (Å²) < 4.78 is 56.5. The topological polar surface area (TPSA) is 120 Å². The van der Waals surface area contributed by atoms with Crippen molar-refractivity contribution < 1.29 is 52.5 Å². The Balaban J connectivity index is 1.21. The summed E-state index contributed by atoms with van der Waals surface area (Å²) in [6, 6.07) is 38.5. The lowest BCUT2D eigenvalue weighted by Gasteiger charge is -2.50. The molecule has 1 N–H and O–H groups in total. The van der Waals surface area contributed by atoms with Crippen LogP contribution in [0.3, 0.4) is 0 Å². The first-order chi connectivity index (χ1) is 26.0. The predicted octanol–water partition coefficient (Wildman–Crippen LogP) is 5.15. The number of ether oxygens (including phenoxy) is 9. The molecule has 0 amide bonds. The van der Waals surface area contributed by atoms with Gasteiger partial charge in [0.25, 0.3) is 0 Å². The fourth-order valence-corrected chi connectivity index (χ4v) is 7.15. The summed E-state index contributed by atoms with van der Waals surface area (Å²) in [6.07, 6.45) is -9.92. The zero-order valence-electron chi connectivity index (χ0n) is 29.8. The van der Waals surface area contributed by atoms with E-state index in [9.17, 15) is 9.90 Å². The Hall–Kier alpha value is -3.85. The number of rotatable bonds is 14. The molecule has 11 atom stereocenters. The van der Waals surface area contributed by atoms with E-state index in [4.69, 9.17) is 42.6 Å². The maximum absolute atomic E-state index is 14.5. The lowest BCUT2D eigenvalue weighted by molar-refractivity contribution is -0.344. The summed E-state index contributed by atoms with van der Waals surface area (Å²) in [5, 5.41) is 12.4. The molecule has 0 spiro atoms. The average molecular weight is 727 g/mol. The third kappa shape index (κ3) is 8.77. The summed E-state index contributed by atoms with van der Waals surface area (Å²) in [5.41, 5.74) is 3.54. The summed E-state index contributed by atoms with van der Waals surface area (Å²) in [5.74, 6) is -1.62. The molecule has 280 valence electrons. The molecule has 3 saturated heterocycles. The molecule has 11 nitrogen and oxygen atoms in total. The lowest BCUT2D eigenvalue weighted by Crippen LogP contribution is -2.67. The van der Waals surface area contributed by atoms with Gasteiger partial charge in [0.15, 0.2) is 24.7 Å². The van der Waals surface area contributed by atoms with Crippen LogP contribution in [0.1, 0.15) is 28.5 Å². The SMILES string of the molecule is CO[C@H]1O[C@H]([C@@H](O)[C@H]2C(=O)[C@@H]3O[C@H](c4ccccc4)OC[C@H]3O[C@@H]2OC)[C@@H](OCc2ccccc2)[C@H](OCc2ccccc2)[C@@H]1OCc1ccccc1. The molecule has 7 rings (SSSR count). The van der Waals surface area contributed by atoms with Crippen molar-refractivity contribution >= 4 is 5.78 Å². The van der Waals surface area contributed by atoms with Gasteiger partial charge < -0.3 is 47.7 Å². The lowest BCUT2D eigenvalue weighted by atomic mass is 9.82. The van der Waals surface area contributed by atoms with Crippen molar-refractivity contribution in [1.82, 2.24) is 0 Å². The highest BCUT2D eigenvalue weighted by molar-refractivity contribution is 5.88. The van der Waals surface area contributed by atoms with E-state index >= 15 is 0 Å². The number of hydrogen-bond donors (Lipinski definition) is 1. The first kappa shape index (κ1) is 37.5. The largest absolute Gasteiger partial charge is 0.389 e. The van der Waals surface area contributed by atoms with Gasteiger partial charge >= 0.3 is 0 Å². The molecular formula is C42H46O11. The van der Waals surface area contributed by atoms with E-state index in [1.54, 1.807) is 0 Å². The van der Waals surface area contributed by atoms with Gasteiger partial charge in [-0.3, -0.25) is 4.79 Å². The molecule has 0 aromatic heterocycles. The quantitative estimate of drug-likeness (QED) is 0.186. The van der Waals surface area contributed by atoms with E-state index in [0.717, 1.165) is 22.3 Å². The smallest absolute Gasteiger partial charge is 0.186 e. The van der Waals surface area contributed by atoms with Crippen LogP contribution in [-0.2, 0) is 67.2 Å². The van der Waals surface area contributed by atoms with Gasteiger partial charge in [-0.25, -0.2) is 0 Å². The molecule has 0 saturated carbocycles. The molecule has 0 unspecified atom stereocenters. The molecule has 0 aliphatic carbocycles. The molecule has 4 aromatic rings. The number of aliphatic hydroxyl groups excluding tert-OH is 1. The number of benzene rings is 4. The number of carbonyl (C=O) groups excluding carboxylic acids is 1. The second kappa shape index (κ2) is 18.0. The van der Waals surface area contributed by atoms with Crippen molar-refractivity contribution in [2.45, 2.75) is 81.4 Å². The first-order valence-corrected chi connectivity index (χ1v) is 17.9. The Bertz CT molecular complexity index is 1700. The molecule has 4 aromatic carbocycles.